The maximum atomic E-state index is 11.3. The van der Waals surface area contributed by atoms with Gasteiger partial charge in [0.15, 0.2) is 0 Å². The molecule has 0 aliphatic rings. The Morgan fingerprint density at radius 3 is 2.86 bits per heavy atom. The number of carbonyl (C=O) groups excluding carboxylic acids is 1. The van der Waals surface area contributed by atoms with Crippen molar-refractivity contribution in [1.82, 2.24) is 25.2 Å². The molecule has 2 rings (SSSR count). The van der Waals surface area contributed by atoms with E-state index in [4.69, 9.17) is 0 Å². The van der Waals surface area contributed by atoms with Crippen LogP contribution >= 0.6 is 23.1 Å². The van der Waals surface area contributed by atoms with Gasteiger partial charge >= 0.3 is 5.97 Å². The average Bonchev–Trinajstić information content (AvgIpc) is 3.04. The molecule has 0 bridgehead atoms. The summed E-state index contributed by atoms with van der Waals surface area (Å²) in [7, 11) is 1.34. The minimum absolute atomic E-state index is 0.0101. The number of hydrogen-bond acceptors (Lipinski definition) is 8. The number of carbonyl (C=O) groups is 1. The van der Waals surface area contributed by atoms with Gasteiger partial charge in [-0.2, -0.15) is 0 Å². The van der Waals surface area contributed by atoms with Crippen molar-refractivity contribution in [2.75, 3.05) is 7.11 Å². The molecule has 0 aliphatic carbocycles. The van der Waals surface area contributed by atoms with E-state index in [1.807, 2.05) is 5.38 Å². The molecule has 7 nitrogen and oxygen atoms in total. The Labute approximate surface area is 131 Å². The van der Waals surface area contributed by atoms with Crippen LogP contribution in [-0.2, 0) is 27.2 Å². The van der Waals surface area contributed by atoms with Crippen LogP contribution in [0.2, 0.25) is 0 Å². The molecule has 0 fully saturated rings. The molecule has 0 unspecified atom stereocenters. The van der Waals surface area contributed by atoms with Crippen molar-refractivity contribution in [2.45, 2.75) is 43.6 Å². The minimum atomic E-state index is -0.382. The van der Waals surface area contributed by atoms with E-state index >= 15 is 0 Å². The fourth-order valence-electron chi connectivity index (χ4n) is 1.44. The molecule has 0 saturated carbocycles. The van der Waals surface area contributed by atoms with Crippen LogP contribution in [0.5, 0.6) is 0 Å². The number of hydrogen-bond donors (Lipinski definition) is 0. The van der Waals surface area contributed by atoms with E-state index in [0.717, 1.165) is 10.7 Å². The number of thiazole rings is 1. The molecule has 0 radical (unpaired) electrons. The first-order valence-electron chi connectivity index (χ1n) is 6.31. The highest BCUT2D eigenvalue weighted by Crippen LogP contribution is 2.28. The molecule has 2 aromatic heterocycles. The van der Waals surface area contributed by atoms with Crippen LogP contribution in [0.4, 0.5) is 0 Å². The predicted molar refractivity (Wildman–Crippen MR) is 80.2 cm³/mol. The van der Waals surface area contributed by atoms with Gasteiger partial charge in [0, 0.05) is 16.5 Å². The molecule has 21 heavy (non-hydrogen) atoms. The molecule has 0 aromatic carbocycles. The average molecular weight is 327 g/mol. The normalized spacial score (nSPS) is 11.6. The van der Waals surface area contributed by atoms with Crippen LogP contribution in [0, 0.1) is 0 Å². The Hall–Kier alpha value is -1.48. The van der Waals surface area contributed by atoms with Crippen LogP contribution in [0.1, 0.15) is 31.5 Å². The Morgan fingerprint density at radius 1 is 1.48 bits per heavy atom. The van der Waals surface area contributed by atoms with E-state index in [-0.39, 0.29) is 17.9 Å². The van der Waals surface area contributed by atoms with Gasteiger partial charge < -0.3 is 4.74 Å². The summed E-state index contributed by atoms with van der Waals surface area (Å²) in [5.74, 6) is 0.279. The van der Waals surface area contributed by atoms with Gasteiger partial charge in [0.2, 0.25) is 5.16 Å². The van der Waals surface area contributed by atoms with E-state index in [1.165, 1.54) is 23.6 Å². The van der Waals surface area contributed by atoms with E-state index in [9.17, 15) is 4.79 Å². The number of thioether (sulfide) groups is 1. The number of aromatic nitrogens is 5. The third-order valence-corrected chi connectivity index (χ3v) is 4.86. The van der Waals surface area contributed by atoms with Crippen molar-refractivity contribution in [3.63, 3.8) is 0 Å². The van der Waals surface area contributed by atoms with Crippen LogP contribution in [-0.4, -0.2) is 38.3 Å². The fourth-order valence-corrected chi connectivity index (χ4v) is 3.22. The Morgan fingerprint density at radius 2 is 2.24 bits per heavy atom. The van der Waals surface area contributed by atoms with E-state index in [0.29, 0.717) is 10.9 Å². The topological polar surface area (TPSA) is 82.8 Å². The van der Waals surface area contributed by atoms with Crippen LogP contribution in [0.25, 0.3) is 0 Å². The fraction of sp³-hybridized carbons (Fsp3) is 0.583. The van der Waals surface area contributed by atoms with Gasteiger partial charge in [-0.05, 0) is 10.4 Å². The quantitative estimate of drug-likeness (QED) is 0.612. The number of nitrogens with zero attached hydrogens (tertiary/aromatic N) is 5. The second-order valence-electron chi connectivity index (χ2n) is 5.38. The van der Waals surface area contributed by atoms with E-state index < -0.39 is 0 Å². The highest BCUT2D eigenvalue weighted by atomic mass is 32.2. The van der Waals surface area contributed by atoms with Crippen LogP contribution in [0.3, 0.4) is 0 Å². The lowest BCUT2D eigenvalue weighted by atomic mass is 9.98. The highest BCUT2D eigenvalue weighted by Gasteiger charge is 2.18. The van der Waals surface area contributed by atoms with Gasteiger partial charge in [0.05, 0.1) is 17.8 Å². The Kier molecular flexibility index (Phi) is 4.94. The monoisotopic (exact) mass is 327 g/mol. The lowest BCUT2D eigenvalue weighted by Gasteiger charge is -2.13. The molecule has 114 valence electrons. The number of ether oxygens (including phenoxy) is 1. The van der Waals surface area contributed by atoms with Gasteiger partial charge in [0.25, 0.3) is 0 Å². The first-order valence-corrected chi connectivity index (χ1v) is 8.17. The van der Waals surface area contributed by atoms with Gasteiger partial charge in [-0.1, -0.05) is 32.5 Å². The van der Waals surface area contributed by atoms with Gasteiger partial charge in [-0.25, -0.2) is 9.67 Å². The second-order valence-corrected chi connectivity index (χ2v) is 7.18. The zero-order valence-corrected chi connectivity index (χ0v) is 14.0. The standard InChI is InChI=1S/C12H17N5O2S2/c1-12(2,3)10-13-8(6-20-10)7-21-11-14-15-16-17(11)5-9(18)19-4/h6H,5,7H2,1-4H3. The van der Waals surface area contributed by atoms with Crippen molar-refractivity contribution < 1.29 is 9.53 Å². The summed E-state index contributed by atoms with van der Waals surface area (Å²) in [5, 5.41) is 15.0. The molecule has 0 saturated heterocycles. The third kappa shape index (κ3) is 4.24. The second kappa shape index (κ2) is 6.52. The summed E-state index contributed by atoms with van der Waals surface area (Å²) in [6.45, 7) is 6.43. The molecule has 9 heteroatoms. The summed E-state index contributed by atoms with van der Waals surface area (Å²) in [6.07, 6.45) is 0. The van der Waals surface area contributed by atoms with Crippen molar-refractivity contribution in [3.05, 3.63) is 16.1 Å². The van der Waals surface area contributed by atoms with Crippen LogP contribution < -0.4 is 0 Å². The first-order chi connectivity index (χ1) is 9.90. The lowest BCUT2D eigenvalue weighted by molar-refractivity contribution is -0.141. The molecular formula is C12H17N5O2S2. The molecule has 0 amide bonds. The largest absolute Gasteiger partial charge is 0.468 e. The molecular weight excluding hydrogens is 310 g/mol. The zero-order chi connectivity index (χ0) is 15.5. The third-order valence-electron chi connectivity index (χ3n) is 2.55. The number of methoxy groups -OCH3 is 1. The van der Waals surface area contributed by atoms with Crippen molar-refractivity contribution >= 4 is 29.1 Å². The summed E-state index contributed by atoms with van der Waals surface area (Å²) >= 11 is 3.10. The maximum absolute atomic E-state index is 11.3. The summed E-state index contributed by atoms with van der Waals surface area (Å²) in [4.78, 5) is 15.9. The maximum Gasteiger partial charge on any atom is 0.327 e. The molecule has 2 heterocycles. The first kappa shape index (κ1) is 15.9. The molecule has 0 spiro atoms. The van der Waals surface area contributed by atoms with Crippen molar-refractivity contribution in [1.29, 1.82) is 0 Å². The molecule has 0 aliphatic heterocycles. The molecule has 0 N–H and O–H groups in total. The number of rotatable bonds is 5. The molecule has 0 atom stereocenters. The lowest BCUT2D eigenvalue weighted by Crippen LogP contribution is -2.13. The zero-order valence-electron chi connectivity index (χ0n) is 12.4. The van der Waals surface area contributed by atoms with Gasteiger partial charge in [0.1, 0.15) is 6.54 Å². The Bertz CT molecular complexity index is 617. The predicted octanol–water partition coefficient (Wildman–Crippen LogP) is 1.89. The minimum Gasteiger partial charge on any atom is -0.468 e. The van der Waals surface area contributed by atoms with Crippen LogP contribution in [0.15, 0.2) is 10.5 Å². The number of tetrazole rings is 1. The summed E-state index contributed by atoms with van der Waals surface area (Å²) in [6, 6.07) is 0. The molecule has 2 aromatic rings. The van der Waals surface area contributed by atoms with Gasteiger partial charge in [-0.15, -0.1) is 16.4 Å². The van der Waals surface area contributed by atoms with Crippen molar-refractivity contribution in [3.8, 4) is 0 Å². The smallest absolute Gasteiger partial charge is 0.327 e. The van der Waals surface area contributed by atoms with E-state index in [1.54, 1.807) is 11.3 Å². The SMILES string of the molecule is COC(=O)Cn1nnnc1SCc1csc(C(C)(C)C)n1. The van der Waals surface area contributed by atoms with Gasteiger partial charge in [-0.3, -0.25) is 4.79 Å². The summed E-state index contributed by atoms with van der Waals surface area (Å²) < 4.78 is 6.03. The van der Waals surface area contributed by atoms with Crippen molar-refractivity contribution in [2.24, 2.45) is 0 Å². The van der Waals surface area contributed by atoms with E-state index in [2.05, 4.69) is 46.0 Å². The highest BCUT2D eigenvalue weighted by molar-refractivity contribution is 7.98. The number of esters is 1. The Balaban J connectivity index is 1.99. The summed E-state index contributed by atoms with van der Waals surface area (Å²) in [5.41, 5.74) is 1.04.